The van der Waals surface area contributed by atoms with Crippen molar-refractivity contribution in [3.63, 3.8) is 0 Å². The summed E-state index contributed by atoms with van der Waals surface area (Å²) in [6.07, 6.45) is 3.37. The zero-order valence-corrected chi connectivity index (χ0v) is 12.1. The van der Waals surface area contributed by atoms with Gasteiger partial charge in [-0.1, -0.05) is 0 Å². The molecule has 1 aromatic heterocycles. The van der Waals surface area contributed by atoms with Crippen LogP contribution in [0.2, 0.25) is 0 Å². The van der Waals surface area contributed by atoms with Crippen molar-refractivity contribution in [2.45, 2.75) is 31.6 Å². The van der Waals surface area contributed by atoms with Gasteiger partial charge in [-0.25, -0.2) is 0 Å². The van der Waals surface area contributed by atoms with E-state index in [2.05, 4.69) is 16.8 Å². The highest BCUT2D eigenvalue weighted by Crippen LogP contribution is 2.37. The van der Waals surface area contributed by atoms with Gasteiger partial charge in [0.25, 0.3) is 0 Å². The molecule has 1 aromatic rings. The first-order valence-corrected chi connectivity index (χ1v) is 8.15. The van der Waals surface area contributed by atoms with Gasteiger partial charge < -0.3 is 10.0 Å². The Kier molecular flexibility index (Phi) is 3.78. The van der Waals surface area contributed by atoms with Crippen LogP contribution in [0.15, 0.2) is 16.8 Å². The van der Waals surface area contributed by atoms with Gasteiger partial charge in [-0.05, 0) is 54.0 Å². The summed E-state index contributed by atoms with van der Waals surface area (Å²) in [7, 11) is 0. The van der Waals surface area contributed by atoms with E-state index < -0.39 is 11.9 Å². The molecule has 1 saturated carbocycles. The van der Waals surface area contributed by atoms with E-state index in [-0.39, 0.29) is 11.8 Å². The largest absolute Gasteiger partial charge is 0.481 e. The number of carboxylic acid groups (broad SMARTS) is 1. The topological polar surface area (TPSA) is 57.6 Å². The first-order chi connectivity index (χ1) is 9.66. The lowest BCUT2D eigenvalue weighted by Crippen LogP contribution is -2.48. The fraction of sp³-hybridized carbons (Fsp3) is 0.600. The van der Waals surface area contributed by atoms with Crippen molar-refractivity contribution in [3.8, 4) is 0 Å². The smallest absolute Gasteiger partial charge is 0.307 e. The predicted octanol–water partition coefficient (Wildman–Crippen LogP) is 2.56. The number of thiophene rings is 1. The molecule has 2 atom stereocenters. The van der Waals surface area contributed by atoms with Crippen LogP contribution in [-0.2, 0) is 9.59 Å². The van der Waals surface area contributed by atoms with E-state index in [9.17, 15) is 9.59 Å². The number of likely N-dealkylation sites (tertiary alicyclic amines) is 1. The van der Waals surface area contributed by atoms with Crippen LogP contribution >= 0.6 is 11.3 Å². The van der Waals surface area contributed by atoms with Gasteiger partial charge in [0.1, 0.15) is 0 Å². The Labute approximate surface area is 122 Å². The van der Waals surface area contributed by atoms with E-state index in [4.69, 9.17) is 5.11 Å². The minimum absolute atomic E-state index is 0.0624. The maximum absolute atomic E-state index is 12.4. The molecule has 1 N–H and O–H groups in total. The zero-order valence-electron chi connectivity index (χ0n) is 11.3. The van der Waals surface area contributed by atoms with Gasteiger partial charge in [-0.15, -0.1) is 0 Å². The number of carbonyl (C=O) groups is 2. The summed E-state index contributed by atoms with van der Waals surface area (Å²) in [6.45, 7) is 1.53. The van der Waals surface area contributed by atoms with E-state index in [1.807, 2.05) is 4.90 Å². The summed E-state index contributed by atoms with van der Waals surface area (Å²) < 4.78 is 0. The summed E-state index contributed by atoms with van der Waals surface area (Å²) in [4.78, 5) is 25.2. The molecule has 4 nitrogen and oxygen atoms in total. The molecule has 5 heteroatoms. The Hall–Kier alpha value is -1.36. The molecule has 1 aliphatic heterocycles. The first kappa shape index (κ1) is 13.6. The number of aliphatic carboxylic acids is 1. The number of amides is 1. The molecule has 2 unspecified atom stereocenters. The molecule has 0 radical (unpaired) electrons. The van der Waals surface area contributed by atoms with Crippen molar-refractivity contribution < 1.29 is 14.7 Å². The quantitative estimate of drug-likeness (QED) is 0.932. The minimum Gasteiger partial charge on any atom is -0.481 e. The molecule has 0 spiro atoms. The summed E-state index contributed by atoms with van der Waals surface area (Å²) in [6, 6.07) is 2.17. The van der Waals surface area contributed by atoms with Crippen LogP contribution < -0.4 is 0 Å². The van der Waals surface area contributed by atoms with Crippen LogP contribution in [0.1, 0.15) is 37.2 Å². The monoisotopic (exact) mass is 293 g/mol. The number of piperidine rings is 1. The van der Waals surface area contributed by atoms with Gasteiger partial charge in [0.05, 0.1) is 11.8 Å². The average Bonchev–Trinajstić information content (AvgIpc) is 2.90. The maximum Gasteiger partial charge on any atom is 0.307 e. The standard InChI is InChI=1S/C15H19NO3S/c17-14(12-1-2-13(12)15(18)19)16-6-3-10(4-7-16)11-5-8-20-9-11/h5,8-10,12-13H,1-4,6-7H2,(H,18,19). The lowest BCUT2D eigenvalue weighted by atomic mass is 9.72. The lowest BCUT2D eigenvalue weighted by Gasteiger charge is -2.39. The second-order valence-corrected chi connectivity index (χ2v) is 6.56. The Balaban J connectivity index is 1.56. The number of carboxylic acids is 1. The lowest BCUT2D eigenvalue weighted by molar-refractivity contribution is -0.157. The number of nitrogens with zero attached hydrogens (tertiary/aromatic N) is 1. The average molecular weight is 293 g/mol. The number of hydrogen-bond acceptors (Lipinski definition) is 3. The molecule has 3 rings (SSSR count). The normalized spacial score (nSPS) is 27.1. The third kappa shape index (κ3) is 2.46. The van der Waals surface area contributed by atoms with Crippen molar-refractivity contribution >= 4 is 23.2 Å². The Morgan fingerprint density at radius 1 is 1.15 bits per heavy atom. The van der Waals surface area contributed by atoms with Gasteiger partial charge in [-0.3, -0.25) is 9.59 Å². The molecule has 108 valence electrons. The van der Waals surface area contributed by atoms with Crippen molar-refractivity contribution in [1.82, 2.24) is 4.90 Å². The van der Waals surface area contributed by atoms with E-state index in [0.717, 1.165) is 32.4 Å². The highest BCUT2D eigenvalue weighted by molar-refractivity contribution is 7.07. The van der Waals surface area contributed by atoms with Crippen LogP contribution in [0.5, 0.6) is 0 Å². The fourth-order valence-corrected chi connectivity index (χ4v) is 4.01. The van der Waals surface area contributed by atoms with Crippen molar-refractivity contribution in [3.05, 3.63) is 22.4 Å². The van der Waals surface area contributed by atoms with Gasteiger partial charge in [0.2, 0.25) is 5.91 Å². The Morgan fingerprint density at radius 2 is 1.85 bits per heavy atom. The van der Waals surface area contributed by atoms with Crippen LogP contribution in [-0.4, -0.2) is 35.0 Å². The predicted molar refractivity (Wildman–Crippen MR) is 76.7 cm³/mol. The van der Waals surface area contributed by atoms with Crippen molar-refractivity contribution in [2.24, 2.45) is 11.8 Å². The summed E-state index contributed by atoms with van der Waals surface area (Å²) in [5.41, 5.74) is 1.38. The molecule has 1 saturated heterocycles. The molecule has 0 aromatic carbocycles. The second-order valence-electron chi connectivity index (χ2n) is 5.78. The summed E-state index contributed by atoms with van der Waals surface area (Å²) in [5, 5.41) is 13.3. The number of carbonyl (C=O) groups excluding carboxylic acids is 1. The molecule has 20 heavy (non-hydrogen) atoms. The molecular weight excluding hydrogens is 274 g/mol. The number of rotatable bonds is 3. The van der Waals surface area contributed by atoms with Crippen molar-refractivity contribution in [1.29, 1.82) is 0 Å². The van der Waals surface area contributed by atoms with Crippen molar-refractivity contribution in [2.75, 3.05) is 13.1 Å². The van der Waals surface area contributed by atoms with Crippen LogP contribution in [0, 0.1) is 11.8 Å². The summed E-state index contributed by atoms with van der Waals surface area (Å²) >= 11 is 1.72. The van der Waals surface area contributed by atoms with Crippen LogP contribution in [0.3, 0.4) is 0 Å². The zero-order chi connectivity index (χ0) is 14.1. The molecular formula is C15H19NO3S. The fourth-order valence-electron chi connectivity index (χ4n) is 3.27. The van der Waals surface area contributed by atoms with E-state index >= 15 is 0 Å². The van der Waals surface area contributed by atoms with E-state index in [1.54, 1.807) is 11.3 Å². The molecule has 1 aliphatic carbocycles. The first-order valence-electron chi connectivity index (χ1n) is 7.20. The van der Waals surface area contributed by atoms with E-state index in [1.165, 1.54) is 5.56 Å². The molecule has 2 fully saturated rings. The van der Waals surface area contributed by atoms with Gasteiger partial charge in [0, 0.05) is 13.1 Å². The molecule has 2 heterocycles. The maximum atomic E-state index is 12.4. The SMILES string of the molecule is O=C(O)C1CCC1C(=O)N1CCC(c2ccsc2)CC1. The third-order valence-electron chi connectivity index (χ3n) is 4.73. The third-order valence-corrected chi connectivity index (χ3v) is 5.43. The molecule has 2 aliphatic rings. The van der Waals surface area contributed by atoms with Gasteiger partial charge in [0.15, 0.2) is 0 Å². The molecule has 0 bridgehead atoms. The summed E-state index contributed by atoms with van der Waals surface area (Å²) in [5.74, 6) is -0.917. The highest BCUT2D eigenvalue weighted by Gasteiger charge is 2.43. The minimum atomic E-state index is -0.817. The van der Waals surface area contributed by atoms with Crippen LogP contribution in [0.4, 0.5) is 0 Å². The van der Waals surface area contributed by atoms with Gasteiger partial charge >= 0.3 is 5.97 Å². The second kappa shape index (κ2) is 5.56. The highest BCUT2D eigenvalue weighted by atomic mass is 32.1. The Bertz CT molecular complexity index is 491. The van der Waals surface area contributed by atoms with E-state index in [0.29, 0.717) is 12.3 Å². The van der Waals surface area contributed by atoms with Crippen LogP contribution in [0.25, 0.3) is 0 Å². The van der Waals surface area contributed by atoms with Gasteiger partial charge in [-0.2, -0.15) is 11.3 Å². The number of hydrogen-bond donors (Lipinski definition) is 1. The Morgan fingerprint density at radius 3 is 2.35 bits per heavy atom. The molecule has 1 amide bonds.